The number of hydrogen-bond acceptors (Lipinski definition) is 4. The van der Waals surface area contributed by atoms with Crippen LogP contribution in [0.5, 0.6) is 0 Å². The van der Waals surface area contributed by atoms with Gasteiger partial charge >= 0.3 is 0 Å². The van der Waals surface area contributed by atoms with E-state index in [9.17, 15) is 4.79 Å². The first-order valence-corrected chi connectivity index (χ1v) is 7.79. The van der Waals surface area contributed by atoms with Gasteiger partial charge in [-0.25, -0.2) is 0 Å². The summed E-state index contributed by atoms with van der Waals surface area (Å²) in [6, 6.07) is 6.70. The zero-order valence-corrected chi connectivity index (χ0v) is 12.6. The van der Waals surface area contributed by atoms with Gasteiger partial charge in [-0.15, -0.1) is 0 Å². The third kappa shape index (κ3) is 2.97. The van der Waals surface area contributed by atoms with E-state index in [0.717, 1.165) is 18.2 Å². The Hall–Kier alpha value is -1.75. The molecule has 2 unspecified atom stereocenters. The van der Waals surface area contributed by atoms with Crippen molar-refractivity contribution in [2.45, 2.75) is 37.8 Å². The molecule has 114 valence electrons. The van der Waals surface area contributed by atoms with E-state index in [2.05, 4.69) is 15.5 Å². The number of carbonyl (C=O) groups is 1. The van der Waals surface area contributed by atoms with Crippen molar-refractivity contribution in [3.63, 3.8) is 0 Å². The van der Waals surface area contributed by atoms with Crippen LogP contribution >= 0.6 is 0 Å². The minimum atomic E-state index is -0.104. The number of carbonyl (C=O) groups excluding carboxylic acids is 1. The molecular weight excluding hydrogens is 264 g/mol. The molecule has 4 N–H and O–H groups in total. The second-order valence-electron chi connectivity index (χ2n) is 6.08. The molecule has 3 rings (SSSR count). The van der Waals surface area contributed by atoms with Gasteiger partial charge in [0.25, 0.3) is 5.91 Å². The number of piperidine rings is 1. The fourth-order valence-corrected chi connectivity index (χ4v) is 3.56. The van der Waals surface area contributed by atoms with Gasteiger partial charge in [-0.1, -0.05) is 0 Å². The molecule has 0 radical (unpaired) electrons. The van der Waals surface area contributed by atoms with E-state index in [1.165, 1.54) is 32.4 Å². The van der Waals surface area contributed by atoms with E-state index in [0.29, 0.717) is 17.3 Å². The van der Waals surface area contributed by atoms with Crippen molar-refractivity contribution in [3.05, 3.63) is 23.8 Å². The number of anilines is 2. The number of fused-ring (bicyclic) bond motifs is 1. The Bertz CT molecular complexity index is 531. The molecule has 5 nitrogen and oxygen atoms in total. The zero-order valence-electron chi connectivity index (χ0n) is 12.6. The second kappa shape index (κ2) is 5.93. The first kappa shape index (κ1) is 14.2. The summed E-state index contributed by atoms with van der Waals surface area (Å²) in [4.78, 5) is 14.2. The van der Waals surface area contributed by atoms with E-state index >= 15 is 0 Å². The molecule has 5 heteroatoms. The Morgan fingerprint density at radius 1 is 1.33 bits per heavy atom. The number of rotatable bonds is 3. The predicted molar refractivity (Wildman–Crippen MR) is 85.5 cm³/mol. The van der Waals surface area contributed by atoms with E-state index < -0.39 is 0 Å². The van der Waals surface area contributed by atoms with Crippen LogP contribution in [-0.4, -0.2) is 43.0 Å². The Morgan fingerprint density at radius 2 is 2.19 bits per heavy atom. The summed E-state index contributed by atoms with van der Waals surface area (Å²) < 4.78 is 0. The molecule has 2 aliphatic heterocycles. The second-order valence-corrected chi connectivity index (χ2v) is 6.08. The Labute approximate surface area is 125 Å². The number of nitrogens with one attached hydrogen (secondary N) is 2. The third-order valence-electron chi connectivity index (χ3n) is 4.72. The van der Waals surface area contributed by atoms with Crippen LogP contribution in [0, 0.1) is 0 Å². The van der Waals surface area contributed by atoms with Crippen LogP contribution in [0.4, 0.5) is 11.4 Å². The maximum absolute atomic E-state index is 11.6. The molecule has 0 aromatic heterocycles. The average Bonchev–Trinajstić information content (AvgIpc) is 2.96. The van der Waals surface area contributed by atoms with Gasteiger partial charge in [-0.05, 0) is 50.4 Å². The molecule has 1 amide bonds. The Kier molecular flexibility index (Phi) is 4.01. The highest BCUT2D eigenvalue weighted by Gasteiger charge is 2.31. The molecule has 1 aromatic carbocycles. The van der Waals surface area contributed by atoms with E-state index in [4.69, 9.17) is 5.73 Å². The minimum Gasteiger partial charge on any atom is -0.397 e. The van der Waals surface area contributed by atoms with Crippen LogP contribution in [0.2, 0.25) is 0 Å². The summed E-state index contributed by atoms with van der Waals surface area (Å²) in [7, 11) is 1.63. The van der Waals surface area contributed by atoms with Crippen LogP contribution in [0.15, 0.2) is 18.2 Å². The van der Waals surface area contributed by atoms with E-state index in [1.807, 2.05) is 12.1 Å². The first-order chi connectivity index (χ1) is 10.2. The van der Waals surface area contributed by atoms with Crippen molar-refractivity contribution in [3.8, 4) is 0 Å². The number of hydrogen-bond donors (Lipinski definition) is 3. The van der Waals surface area contributed by atoms with E-state index in [1.54, 1.807) is 13.1 Å². The number of benzene rings is 1. The van der Waals surface area contributed by atoms with Crippen molar-refractivity contribution in [2.24, 2.45) is 0 Å². The summed E-state index contributed by atoms with van der Waals surface area (Å²) in [6.45, 7) is 2.44. The quantitative estimate of drug-likeness (QED) is 0.740. The number of nitrogens with two attached hydrogens (primary N) is 1. The Balaban J connectivity index is 1.66. The summed E-state index contributed by atoms with van der Waals surface area (Å²) in [5, 5.41) is 6.18. The van der Waals surface area contributed by atoms with Crippen LogP contribution in [0.3, 0.4) is 0 Å². The van der Waals surface area contributed by atoms with Crippen molar-refractivity contribution in [1.82, 2.24) is 10.2 Å². The van der Waals surface area contributed by atoms with Gasteiger partial charge < -0.3 is 21.3 Å². The van der Waals surface area contributed by atoms with Crippen LogP contribution < -0.4 is 16.4 Å². The van der Waals surface area contributed by atoms with Crippen molar-refractivity contribution in [2.75, 3.05) is 31.2 Å². The molecule has 2 heterocycles. The van der Waals surface area contributed by atoms with Gasteiger partial charge in [-0.2, -0.15) is 0 Å². The molecular formula is C16H24N4O. The maximum atomic E-state index is 11.6. The fourth-order valence-electron chi connectivity index (χ4n) is 3.56. The molecule has 2 atom stereocenters. The first-order valence-electron chi connectivity index (χ1n) is 7.79. The highest BCUT2D eigenvalue weighted by molar-refractivity contribution is 5.95. The molecule has 2 saturated heterocycles. The van der Waals surface area contributed by atoms with Crippen LogP contribution in [0.1, 0.15) is 36.0 Å². The topological polar surface area (TPSA) is 70.4 Å². The fraction of sp³-hybridized carbons (Fsp3) is 0.562. The van der Waals surface area contributed by atoms with Gasteiger partial charge in [0.2, 0.25) is 0 Å². The van der Waals surface area contributed by atoms with E-state index in [-0.39, 0.29) is 5.91 Å². The summed E-state index contributed by atoms with van der Waals surface area (Å²) in [5.41, 5.74) is 8.27. The Morgan fingerprint density at radius 3 is 2.95 bits per heavy atom. The highest BCUT2D eigenvalue weighted by atomic mass is 16.1. The van der Waals surface area contributed by atoms with Crippen LogP contribution in [0.25, 0.3) is 0 Å². The maximum Gasteiger partial charge on any atom is 0.251 e. The molecule has 21 heavy (non-hydrogen) atoms. The number of nitrogens with zero attached hydrogens (tertiary/aromatic N) is 1. The standard InChI is InChI=1S/C16H24N4O/c1-18-16(21)11-4-5-15(14(17)9-11)19-12-6-8-20-7-2-3-13(20)10-12/h4-5,9,12-13,19H,2-3,6-8,10,17H2,1H3,(H,18,21). The number of nitrogen functional groups attached to an aromatic ring is 1. The predicted octanol–water partition coefficient (Wildman–Crippen LogP) is 1.67. The monoisotopic (exact) mass is 288 g/mol. The lowest BCUT2D eigenvalue weighted by molar-refractivity contribution is 0.0963. The largest absolute Gasteiger partial charge is 0.397 e. The molecule has 1 aromatic rings. The van der Waals surface area contributed by atoms with Gasteiger partial charge in [0.1, 0.15) is 0 Å². The van der Waals surface area contributed by atoms with Crippen molar-refractivity contribution >= 4 is 17.3 Å². The molecule has 0 spiro atoms. The molecule has 0 bridgehead atoms. The molecule has 2 aliphatic rings. The lowest BCUT2D eigenvalue weighted by Crippen LogP contribution is -2.42. The third-order valence-corrected chi connectivity index (χ3v) is 4.72. The summed E-state index contributed by atoms with van der Waals surface area (Å²) in [6.07, 6.45) is 5.01. The minimum absolute atomic E-state index is 0.104. The van der Waals surface area contributed by atoms with Gasteiger partial charge in [-0.3, -0.25) is 4.79 Å². The molecule has 0 saturated carbocycles. The highest BCUT2D eigenvalue weighted by Crippen LogP contribution is 2.30. The van der Waals surface area contributed by atoms with Crippen molar-refractivity contribution < 1.29 is 4.79 Å². The van der Waals surface area contributed by atoms with Gasteiger partial charge in [0, 0.05) is 31.2 Å². The lowest BCUT2D eigenvalue weighted by atomic mass is 9.97. The zero-order chi connectivity index (χ0) is 14.8. The van der Waals surface area contributed by atoms with Crippen LogP contribution in [-0.2, 0) is 0 Å². The lowest BCUT2D eigenvalue weighted by Gasteiger charge is -2.35. The molecule has 2 fully saturated rings. The average molecular weight is 288 g/mol. The summed E-state index contributed by atoms with van der Waals surface area (Å²) in [5.74, 6) is -0.104. The normalized spacial score (nSPS) is 25.4. The SMILES string of the molecule is CNC(=O)c1ccc(NC2CCN3CCCC3C2)c(N)c1. The van der Waals surface area contributed by atoms with Crippen molar-refractivity contribution in [1.29, 1.82) is 0 Å². The number of amides is 1. The van der Waals surface area contributed by atoms with Gasteiger partial charge in [0.05, 0.1) is 11.4 Å². The summed E-state index contributed by atoms with van der Waals surface area (Å²) >= 11 is 0. The molecule has 0 aliphatic carbocycles. The smallest absolute Gasteiger partial charge is 0.251 e. The van der Waals surface area contributed by atoms with Gasteiger partial charge in [0.15, 0.2) is 0 Å².